The van der Waals surface area contributed by atoms with Gasteiger partial charge in [-0.25, -0.2) is 4.79 Å². The van der Waals surface area contributed by atoms with Crippen LogP contribution in [-0.2, 0) is 25.5 Å². The molecule has 0 radical (unpaired) electrons. The fourth-order valence-electron chi connectivity index (χ4n) is 5.36. The summed E-state index contributed by atoms with van der Waals surface area (Å²) in [6.45, 7) is 2.13. The van der Waals surface area contributed by atoms with Crippen molar-refractivity contribution < 1.29 is 33.9 Å². The van der Waals surface area contributed by atoms with Crippen LogP contribution in [0.4, 0.5) is 5.69 Å². The van der Waals surface area contributed by atoms with Crippen LogP contribution < -0.4 is 10.1 Å². The maximum absolute atomic E-state index is 12.6. The fraction of sp³-hybridized carbons (Fsp3) is 0.645. The van der Waals surface area contributed by atoms with Gasteiger partial charge < -0.3 is 19.9 Å². The van der Waals surface area contributed by atoms with Gasteiger partial charge in [-0.3, -0.25) is 19.7 Å². The van der Waals surface area contributed by atoms with Gasteiger partial charge in [0.05, 0.1) is 25.2 Å². The van der Waals surface area contributed by atoms with E-state index in [1.807, 2.05) is 12.2 Å². The predicted molar refractivity (Wildman–Crippen MR) is 156 cm³/mol. The van der Waals surface area contributed by atoms with Crippen molar-refractivity contribution in [1.82, 2.24) is 5.32 Å². The Bertz CT molecular complexity index is 1040. The lowest BCUT2D eigenvalue weighted by Gasteiger charge is -2.17. The van der Waals surface area contributed by atoms with Crippen molar-refractivity contribution in [2.24, 2.45) is 11.8 Å². The van der Waals surface area contributed by atoms with Gasteiger partial charge in [0.2, 0.25) is 5.91 Å². The molecule has 10 nitrogen and oxygen atoms in total. The second-order valence-corrected chi connectivity index (χ2v) is 10.8. The zero-order chi connectivity index (χ0) is 30.2. The van der Waals surface area contributed by atoms with Crippen LogP contribution in [0.2, 0.25) is 0 Å². The summed E-state index contributed by atoms with van der Waals surface area (Å²) >= 11 is 0. The van der Waals surface area contributed by atoms with E-state index in [0.717, 1.165) is 57.8 Å². The van der Waals surface area contributed by atoms with Crippen molar-refractivity contribution in [3.8, 4) is 5.75 Å². The number of carbonyl (C=O) groups excluding carboxylic acids is 3. The molecule has 0 heterocycles. The number of unbranched alkanes of at least 4 members (excludes halogenated alkanes) is 5. The van der Waals surface area contributed by atoms with E-state index in [9.17, 15) is 29.6 Å². The zero-order valence-electron chi connectivity index (χ0n) is 24.6. The number of carbonyl (C=O) groups is 3. The molecule has 1 aliphatic rings. The molecule has 41 heavy (non-hydrogen) atoms. The van der Waals surface area contributed by atoms with E-state index in [2.05, 4.69) is 12.2 Å². The Balaban J connectivity index is 1.76. The summed E-state index contributed by atoms with van der Waals surface area (Å²) in [4.78, 5) is 48.0. The molecule has 2 N–H and O–H groups in total. The van der Waals surface area contributed by atoms with Crippen LogP contribution in [0.1, 0.15) is 89.5 Å². The van der Waals surface area contributed by atoms with Crippen molar-refractivity contribution in [3.63, 3.8) is 0 Å². The Morgan fingerprint density at radius 1 is 1.17 bits per heavy atom. The number of methoxy groups -OCH3 is 2. The number of nitro benzene ring substituents is 1. The highest BCUT2D eigenvalue weighted by atomic mass is 16.6. The Kier molecular flexibility index (Phi) is 15.1. The SMILES string of the molecule is CCCCC[C@H](O)/C=C/[C@H]1CCC(=O)[C@@H]1CCCCCCC(=O)N[C@@H](Cc1ccc(OC)c([N+](=O)[O-])c1)C(=O)OC. The van der Waals surface area contributed by atoms with Crippen LogP contribution in [0.3, 0.4) is 0 Å². The first kappa shape index (κ1) is 33.9. The molecule has 0 spiro atoms. The molecule has 0 aromatic heterocycles. The number of allylic oxidation sites excluding steroid dienone is 1. The number of Topliss-reactive ketones (excluding diaryl/α,β-unsaturated/α-hetero) is 1. The van der Waals surface area contributed by atoms with Crippen molar-refractivity contribution in [3.05, 3.63) is 46.0 Å². The van der Waals surface area contributed by atoms with Crippen molar-refractivity contribution in [2.45, 2.75) is 103 Å². The highest BCUT2D eigenvalue weighted by Crippen LogP contribution is 2.34. The van der Waals surface area contributed by atoms with Crippen LogP contribution in [0, 0.1) is 22.0 Å². The van der Waals surface area contributed by atoms with Crippen LogP contribution >= 0.6 is 0 Å². The summed E-state index contributed by atoms with van der Waals surface area (Å²) in [5.74, 6) is -0.315. The van der Waals surface area contributed by atoms with Crippen LogP contribution in [0.25, 0.3) is 0 Å². The largest absolute Gasteiger partial charge is 0.490 e. The number of amides is 1. The molecular formula is C31H46N2O8. The minimum absolute atomic E-state index is 0.00647. The summed E-state index contributed by atoms with van der Waals surface area (Å²) in [6.07, 6.45) is 13.2. The first-order valence-corrected chi connectivity index (χ1v) is 14.8. The summed E-state index contributed by atoms with van der Waals surface area (Å²) in [5.41, 5.74) is 0.274. The molecule has 0 unspecified atom stereocenters. The second kappa shape index (κ2) is 18.2. The molecule has 0 aliphatic heterocycles. The number of nitro groups is 1. The average molecular weight is 575 g/mol. The monoisotopic (exact) mass is 574 g/mol. The van der Waals surface area contributed by atoms with Gasteiger partial charge in [0, 0.05) is 31.2 Å². The van der Waals surface area contributed by atoms with Crippen LogP contribution in [0.5, 0.6) is 5.75 Å². The number of esters is 1. The Hall–Kier alpha value is -3.27. The molecule has 1 aromatic rings. The summed E-state index contributed by atoms with van der Waals surface area (Å²) in [5, 5.41) is 24.2. The number of hydrogen-bond acceptors (Lipinski definition) is 8. The van der Waals surface area contributed by atoms with Gasteiger partial charge in [-0.15, -0.1) is 0 Å². The van der Waals surface area contributed by atoms with E-state index >= 15 is 0 Å². The van der Waals surface area contributed by atoms with E-state index in [4.69, 9.17) is 9.47 Å². The number of ketones is 1. The Labute approximate surface area is 243 Å². The second-order valence-electron chi connectivity index (χ2n) is 10.8. The molecule has 1 aromatic carbocycles. The maximum Gasteiger partial charge on any atom is 0.328 e. The molecular weight excluding hydrogens is 528 g/mol. The number of hydrogen-bond donors (Lipinski definition) is 2. The van der Waals surface area contributed by atoms with Crippen molar-refractivity contribution in [2.75, 3.05) is 14.2 Å². The number of aliphatic hydroxyl groups is 1. The molecule has 0 saturated heterocycles. The molecule has 2 rings (SSSR count). The lowest BCUT2D eigenvalue weighted by Crippen LogP contribution is -2.43. The topological polar surface area (TPSA) is 145 Å². The number of nitrogens with zero attached hydrogens (tertiary/aromatic N) is 1. The third kappa shape index (κ3) is 11.6. The lowest BCUT2D eigenvalue weighted by molar-refractivity contribution is -0.385. The van der Waals surface area contributed by atoms with Crippen LogP contribution in [0.15, 0.2) is 30.4 Å². The van der Waals surface area contributed by atoms with E-state index < -0.39 is 23.0 Å². The summed E-state index contributed by atoms with van der Waals surface area (Å²) < 4.78 is 9.84. The van der Waals surface area contributed by atoms with E-state index in [1.54, 1.807) is 6.07 Å². The highest BCUT2D eigenvalue weighted by Gasteiger charge is 2.32. The normalized spacial score (nSPS) is 18.3. The number of nitrogens with one attached hydrogen (secondary N) is 1. The fourth-order valence-corrected chi connectivity index (χ4v) is 5.36. The predicted octanol–water partition coefficient (Wildman–Crippen LogP) is 5.24. The lowest BCUT2D eigenvalue weighted by atomic mass is 9.89. The van der Waals surface area contributed by atoms with Gasteiger partial charge in [0.15, 0.2) is 5.75 Å². The number of aliphatic hydroxyl groups excluding tert-OH is 1. The standard InChI is InChI=1S/C31H46N2O8/c1-4-5-8-11-24(34)17-15-23-16-18-28(35)25(23)12-9-6-7-10-13-30(36)32-26(31(37)41-3)20-22-14-19-29(40-2)27(21-22)33(38)39/h14-15,17,19,21,23-26,34H,4-13,16,18,20H2,1-3H3,(H,32,36)/b17-15+/t23-,24-,25+,26-/m0/s1. The zero-order valence-corrected chi connectivity index (χ0v) is 24.6. The maximum atomic E-state index is 12.6. The highest BCUT2D eigenvalue weighted by molar-refractivity contribution is 5.85. The van der Waals surface area contributed by atoms with Gasteiger partial charge in [0.25, 0.3) is 0 Å². The van der Waals surface area contributed by atoms with Gasteiger partial charge in [-0.2, -0.15) is 0 Å². The average Bonchev–Trinajstić information content (AvgIpc) is 3.31. The third-order valence-corrected chi connectivity index (χ3v) is 7.71. The third-order valence-electron chi connectivity index (χ3n) is 7.71. The quantitative estimate of drug-likeness (QED) is 0.0750. The summed E-state index contributed by atoms with van der Waals surface area (Å²) in [7, 11) is 2.56. The summed E-state index contributed by atoms with van der Waals surface area (Å²) in [6, 6.07) is 3.42. The van der Waals surface area contributed by atoms with E-state index in [1.165, 1.54) is 26.4 Å². The van der Waals surface area contributed by atoms with Gasteiger partial charge in [-0.05, 0) is 43.2 Å². The van der Waals surface area contributed by atoms with Crippen LogP contribution in [-0.4, -0.2) is 54.1 Å². The van der Waals surface area contributed by atoms with Gasteiger partial charge in [-0.1, -0.05) is 63.7 Å². The molecule has 0 bridgehead atoms. The minimum Gasteiger partial charge on any atom is -0.490 e. The number of ether oxygens (including phenoxy) is 2. The molecule has 10 heteroatoms. The first-order chi connectivity index (χ1) is 19.7. The number of benzene rings is 1. The minimum atomic E-state index is -0.968. The molecule has 228 valence electrons. The van der Waals surface area contributed by atoms with Crippen molar-refractivity contribution >= 4 is 23.3 Å². The Morgan fingerprint density at radius 3 is 2.61 bits per heavy atom. The van der Waals surface area contributed by atoms with E-state index in [-0.39, 0.29) is 42.0 Å². The first-order valence-electron chi connectivity index (χ1n) is 14.8. The number of rotatable bonds is 19. The smallest absolute Gasteiger partial charge is 0.328 e. The molecule has 1 saturated carbocycles. The molecule has 1 aliphatic carbocycles. The van der Waals surface area contributed by atoms with Gasteiger partial charge in [0.1, 0.15) is 11.8 Å². The molecule has 1 amide bonds. The molecule has 4 atom stereocenters. The Morgan fingerprint density at radius 2 is 1.93 bits per heavy atom. The molecule has 1 fully saturated rings. The van der Waals surface area contributed by atoms with Gasteiger partial charge >= 0.3 is 11.7 Å². The van der Waals surface area contributed by atoms with E-state index in [0.29, 0.717) is 24.2 Å². The van der Waals surface area contributed by atoms with Crippen molar-refractivity contribution in [1.29, 1.82) is 0 Å².